The van der Waals surface area contributed by atoms with Gasteiger partial charge >= 0.3 is 0 Å². The molecule has 4 aromatic heterocycles. The Kier molecular flexibility index (Phi) is 5.32. The van der Waals surface area contributed by atoms with Gasteiger partial charge in [-0.25, -0.2) is 4.98 Å². The van der Waals surface area contributed by atoms with Gasteiger partial charge in [-0.3, -0.25) is 9.69 Å². The number of furan rings is 1. The molecule has 1 aliphatic rings. The molecule has 0 aromatic carbocycles. The van der Waals surface area contributed by atoms with Gasteiger partial charge in [0.1, 0.15) is 16.4 Å². The highest BCUT2D eigenvalue weighted by molar-refractivity contribution is 7.17. The van der Waals surface area contributed by atoms with Crippen molar-refractivity contribution in [2.45, 2.75) is 32.0 Å². The Bertz CT molecular complexity index is 1130. The van der Waals surface area contributed by atoms with Gasteiger partial charge in [-0.05, 0) is 36.4 Å². The van der Waals surface area contributed by atoms with Crippen LogP contribution in [0.1, 0.15) is 23.5 Å². The highest BCUT2D eigenvalue weighted by Crippen LogP contribution is 2.31. The van der Waals surface area contributed by atoms with E-state index < -0.39 is 0 Å². The number of nitrogens with zero attached hydrogens (tertiary/aromatic N) is 2. The lowest BCUT2D eigenvalue weighted by molar-refractivity contribution is 0.0674. The summed E-state index contributed by atoms with van der Waals surface area (Å²) in [5.41, 5.74) is 0.677. The van der Waals surface area contributed by atoms with Crippen LogP contribution in [0.15, 0.2) is 50.5 Å². The molecule has 1 N–H and O–H groups in total. The molecule has 1 fully saturated rings. The van der Waals surface area contributed by atoms with Crippen LogP contribution in [0.3, 0.4) is 0 Å². The lowest BCUT2D eigenvalue weighted by atomic mass is 10.2. The highest BCUT2D eigenvalue weighted by Gasteiger charge is 2.21. The molecule has 5 heterocycles. The Morgan fingerprint density at radius 2 is 2.21 bits per heavy atom. The van der Waals surface area contributed by atoms with E-state index in [4.69, 9.17) is 14.1 Å². The Morgan fingerprint density at radius 3 is 2.97 bits per heavy atom. The van der Waals surface area contributed by atoms with E-state index in [0.29, 0.717) is 23.5 Å². The quantitative estimate of drug-likeness (QED) is 0.471. The van der Waals surface area contributed by atoms with Crippen molar-refractivity contribution in [3.8, 4) is 11.3 Å². The zero-order chi connectivity index (χ0) is 19.6. The van der Waals surface area contributed by atoms with Gasteiger partial charge in [-0.1, -0.05) is 6.07 Å². The van der Waals surface area contributed by atoms with Crippen LogP contribution in [0.2, 0.25) is 0 Å². The largest absolute Gasteiger partial charge is 0.464 e. The van der Waals surface area contributed by atoms with E-state index in [1.807, 2.05) is 17.5 Å². The molecule has 0 aliphatic carbocycles. The van der Waals surface area contributed by atoms with Crippen molar-refractivity contribution in [2.24, 2.45) is 0 Å². The maximum atomic E-state index is 12.8. The Labute approximate surface area is 175 Å². The van der Waals surface area contributed by atoms with Gasteiger partial charge in [0, 0.05) is 35.5 Å². The van der Waals surface area contributed by atoms with Crippen LogP contribution in [-0.2, 0) is 17.8 Å². The van der Waals surface area contributed by atoms with Crippen LogP contribution in [-0.4, -0.2) is 34.1 Å². The molecule has 29 heavy (non-hydrogen) atoms. The summed E-state index contributed by atoms with van der Waals surface area (Å²) < 4.78 is 11.3. The minimum absolute atomic E-state index is 0.120. The van der Waals surface area contributed by atoms with E-state index >= 15 is 0 Å². The van der Waals surface area contributed by atoms with Crippen molar-refractivity contribution in [1.82, 2.24) is 14.9 Å². The first-order chi connectivity index (χ1) is 14.3. The average molecular weight is 428 g/mol. The van der Waals surface area contributed by atoms with Crippen molar-refractivity contribution in [3.05, 3.63) is 62.3 Å². The average Bonchev–Trinajstić information content (AvgIpc) is 3.49. The third-order valence-electron chi connectivity index (χ3n) is 5.10. The number of aromatic nitrogens is 2. The van der Waals surface area contributed by atoms with Gasteiger partial charge in [0.25, 0.3) is 5.56 Å². The number of thiophene rings is 2. The first-order valence-corrected chi connectivity index (χ1v) is 11.4. The van der Waals surface area contributed by atoms with Gasteiger partial charge in [0.15, 0.2) is 0 Å². The maximum Gasteiger partial charge on any atom is 0.260 e. The van der Waals surface area contributed by atoms with E-state index in [2.05, 4.69) is 27.4 Å². The minimum Gasteiger partial charge on any atom is -0.464 e. The van der Waals surface area contributed by atoms with Gasteiger partial charge in [0.2, 0.25) is 0 Å². The number of hydrogen-bond acceptors (Lipinski definition) is 7. The lowest BCUT2D eigenvalue weighted by Crippen LogP contribution is -2.32. The molecule has 0 saturated carbocycles. The second kappa shape index (κ2) is 8.23. The number of rotatable bonds is 7. The van der Waals surface area contributed by atoms with Crippen molar-refractivity contribution >= 4 is 32.9 Å². The van der Waals surface area contributed by atoms with Crippen LogP contribution in [0.25, 0.3) is 21.5 Å². The Morgan fingerprint density at radius 1 is 1.24 bits per heavy atom. The molecule has 0 spiro atoms. The van der Waals surface area contributed by atoms with Gasteiger partial charge in [0.05, 0.1) is 24.3 Å². The van der Waals surface area contributed by atoms with Gasteiger partial charge in [-0.2, -0.15) is 0 Å². The second-order valence-electron chi connectivity index (χ2n) is 7.20. The number of nitrogens with one attached hydrogen (secondary N) is 1. The predicted octanol–water partition coefficient (Wildman–Crippen LogP) is 4.49. The predicted molar refractivity (Wildman–Crippen MR) is 115 cm³/mol. The topological polar surface area (TPSA) is 71.4 Å². The molecule has 4 aromatic rings. The monoisotopic (exact) mass is 427 g/mol. The van der Waals surface area contributed by atoms with E-state index in [0.717, 1.165) is 42.9 Å². The molecule has 1 aliphatic heterocycles. The van der Waals surface area contributed by atoms with Crippen LogP contribution >= 0.6 is 22.7 Å². The molecule has 6 nitrogen and oxygen atoms in total. The number of fused-ring (bicyclic) bond motifs is 1. The van der Waals surface area contributed by atoms with Crippen LogP contribution in [0.4, 0.5) is 0 Å². The molecule has 5 rings (SSSR count). The third kappa shape index (κ3) is 4.06. The summed E-state index contributed by atoms with van der Waals surface area (Å²) in [6.07, 6.45) is 4.06. The van der Waals surface area contributed by atoms with Gasteiger partial charge < -0.3 is 14.1 Å². The van der Waals surface area contributed by atoms with Crippen LogP contribution in [0.5, 0.6) is 0 Å². The summed E-state index contributed by atoms with van der Waals surface area (Å²) >= 11 is 3.22. The second-order valence-corrected chi connectivity index (χ2v) is 9.09. The van der Waals surface area contributed by atoms with E-state index in [9.17, 15) is 4.79 Å². The Balaban J connectivity index is 1.42. The number of hydrogen-bond donors (Lipinski definition) is 1. The van der Waals surface area contributed by atoms with Crippen LogP contribution in [0, 0.1) is 0 Å². The summed E-state index contributed by atoms with van der Waals surface area (Å²) in [5, 5.41) is 4.62. The molecule has 0 radical (unpaired) electrons. The fraction of sp³-hybridized carbons (Fsp3) is 0.333. The molecular weight excluding hydrogens is 406 g/mol. The summed E-state index contributed by atoms with van der Waals surface area (Å²) in [5.74, 6) is 1.37. The first kappa shape index (κ1) is 18.7. The van der Waals surface area contributed by atoms with E-state index in [-0.39, 0.29) is 11.7 Å². The summed E-state index contributed by atoms with van der Waals surface area (Å²) in [6, 6.07) is 7.89. The molecule has 0 bridgehead atoms. The van der Waals surface area contributed by atoms with Gasteiger partial charge in [-0.15, -0.1) is 22.7 Å². The molecule has 1 atom stereocenters. The fourth-order valence-electron chi connectivity index (χ4n) is 3.78. The van der Waals surface area contributed by atoms with Crippen molar-refractivity contribution in [1.29, 1.82) is 0 Å². The Hall–Kier alpha value is -2.26. The maximum absolute atomic E-state index is 12.8. The SMILES string of the molecule is O=c1[nH]c(CN(Cc2cccs2)C[C@@H]2CCCO2)nc2scc(-c3ccco3)c12. The van der Waals surface area contributed by atoms with E-state index in [1.54, 1.807) is 17.6 Å². The molecule has 0 unspecified atom stereocenters. The smallest absolute Gasteiger partial charge is 0.260 e. The molecule has 0 amide bonds. The normalized spacial score (nSPS) is 16.9. The fourth-order valence-corrected chi connectivity index (χ4v) is 5.47. The molecule has 150 valence electrons. The molecule has 1 saturated heterocycles. The zero-order valence-electron chi connectivity index (χ0n) is 15.8. The number of H-pyrrole nitrogens is 1. The zero-order valence-corrected chi connectivity index (χ0v) is 17.4. The first-order valence-electron chi connectivity index (χ1n) is 9.67. The summed E-state index contributed by atoms with van der Waals surface area (Å²) in [4.78, 5) is 24.9. The molecule has 8 heteroatoms. The summed E-state index contributed by atoms with van der Waals surface area (Å²) in [6.45, 7) is 3.07. The van der Waals surface area contributed by atoms with Crippen molar-refractivity contribution < 1.29 is 9.15 Å². The van der Waals surface area contributed by atoms with E-state index in [1.165, 1.54) is 16.2 Å². The van der Waals surface area contributed by atoms with Crippen molar-refractivity contribution in [3.63, 3.8) is 0 Å². The third-order valence-corrected chi connectivity index (χ3v) is 6.83. The minimum atomic E-state index is -0.120. The van der Waals surface area contributed by atoms with Crippen LogP contribution < -0.4 is 5.56 Å². The number of ether oxygens (including phenoxy) is 1. The lowest BCUT2D eigenvalue weighted by Gasteiger charge is -2.24. The van der Waals surface area contributed by atoms with Crippen molar-refractivity contribution in [2.75, 3.05) is 13.2 Å². The molecular formula is C21H21N3O3S2. The standard InChI is InChI=1S/C21H21N3O3S2/c25-20-19-16(17-6-2-8-27-17)13-29-21(19)23-18(22-20)12-24(10-14-4-1-7-26-14)11-15-5-3-9-28-15/h2-3,5-6,8-9,13-14H,1,4,7,10-12H2,(H,22,23,25)/t14-/m0/s1. The highest BCUT2D eigenvalue weighted by atomic mass is 32.1. The summed E-state index contributed by atoms with van der Waals surface area (Å²) in [7, 11) is 0. The number of aromatic amines is 1.